The molecule has 1 aromatic heterocycles. The molecule has 0 saturated heterocycles. The minimum Gasteiger partial charge on any atom is -0.232 e. The Labute approximate surface area is 119 Å². The maximum absolute atomic E-state index is 4.83. The van der Waals surface area contributed by atoms with Gasteiger partial charge in [-0.05, 0) is 6.07 Å². The highest BCUT2D eigenvalue weighted by Crippen LogP contribution is 2.29. The molecular formula is C18H18N2. The van der Waals surface area contributed by atoms with Crippen LogP contribution in [0.1, 0.15) is 26.6 Å². The molecule has 0 fully saturated rings. The molecule has 0 bridgehead atoms. The van der Waals surface area contributed by atoms with Gasteiger partial charge in [-0.3, -0.25) is 0 Å². The van der Waals surface area contributed by atoms with Gasteiger partial charge in [0.25, 0.3) is 0 Å². The summed E-state index contributed by atoms with van der Waals surface area (Å²) in [6, 6.07) is 18.5. The largest absolute Gasteiger partial charge is 0.232 e. The summed E-state index contributed by atoms with van der Waals surface area (Å²) in [5.74, 6) is 0.884. The minimum absolute atomic E-state index is 0.0619. The van der Waals surface area contributed by atoms with Crippen LogP contribution in [0.25, 0.3) is 22.2 Å². The van der Waals surface area contributed by atoms with Gasteiger partial charge in [-0.2, -0.15) is 0 Å². The van der Waals surface area contributed by atoms with Crippen molar-refractivity contribution >= 4 is 10.9 Å². The van der Waals surface area contributed by atoms with E-state index in [9.17, 15) is 0 Å². The topological polar surface area (TPSA) is 25.8 Å². The van der Waals surface area contributed by atoms with E-state index < -0.39 is 0 Å². The van der Waals surface area contributed by atoms with Crippen molar-refractivity contribution in [2.75, 3.05) is 0 Å². The van der Waals surface area contributed by atoms with Gasteiger partial charge in [0.05, 0.1) is 11.2 Å². The zero-order valence-corrected chi connectivity index (χ0v) is 12.1. The fraction of sp³-hybridized carbons (Fsp3) is 0.222. The highest BCUT2D eigenvalue weighted by Gasteiger charge is 2.20. The Balaban J connectivity index is 2.34. The van der Waals surface area contributed by atoms with Crippen LogP contribution in [-0.2, 0) is 5.41 Å². The van der Waals surface area contributed by atoms with Crippen molar-refractivity contribution in [1.29, 1.82) is 0 Å². The number of hydrogen-bond donors (Lipinski definition) is 0. The first-order chi connectivity index (χ1) is 9.55. The van der Waals surface area contributed by atoms with E-state index in [1.54, 1.807) is 0 Å². The van der Waals surface area contributed by atoms with Crippen LogP contribution in [0.2, 0.25) is 0 Å². The quantitative estimate of drug-likeness (QED) is 0.640. The van der Waals surface area contributed by atoms with Gasteiger partial charge in [0.2, 0.25) is 0 Å². The number of benzene rings is 2. The van der Waals surface area contributed by atoms with E-state index in [1.807, 2.05) is 30.3 Å². The average molecular weight is 262 g/mol. The lowest BCUT2D eigenvalue weighted by Gasteiger charge is -2.18. The number of rotatable bonds is 1. The second-order valence-corrected chi connectivity index (χ2v) is 6.03. The molecule has 0 radical (unpaired) electrons. The van der Waals surface area contributed by atoms with Gasteiger partial charge in [0.15, 0.2) is 0 Å². The monoisotopic (exact) mass is 262 g/mol. The van der Waals surface area contributed by atoms with E-state index in [4.69, 9.17) is 9.97 Å². The highest BCUT2D eigenvalue weighted by atomic mass is 14.9. The van der Waals surface area contributed by atoms with Crippen molar-refractivity contribution in [2.24, 2.45) is 0 Å². The molecule has 20 heavy (non-hydrogen) atoms. The summed E-state index contributed by atoms with van der Waals surface area (Å²) in [6.45, 7) is 6.43. The van der Waals surface area contributed by atoms with Gasteiger partial charge in [-0.25, -0.2) is 9.97 Å². The minimum atomic E-state index is -0.0619. The molecule has 0 N–H and O–H groups in total. The second-order valence-electron chi connectivity index (χ2n) is 6.03. The smallest absolute Gasteiger partial charge is 0.135 e. The Bertz CT molecular complexity index is 740. The Morgan fingerprint density at radius 2 is 1.40 bits per heavy atom. The molecule has 0 saturated carbocycles. The van der Waals surface area contributed by atoms with Gasteiger partial charge >= 0.3 is 0 Å². The predicted molar refractivity (Wildman–Crippen MR) is 83.7 cm³/mol. The van der Waals surface area contributed by atoms with E-state index in [0.717, 1.165) is 28.0 Å². The molecule has 0 unspecified atom stereocenters. The van der Waals surface area contributed by atoms with Crippen LogP contribution >= 0.6 is 0 Å². The number of fused-ring (bicyclic) bond motifs is 1. The van der Waals surface area contributed by atoms with Gasteiger partial charge in [-0.1, -0.05) is 69.3 Å². The van der Waals surface area contributed by atoms with Crippen LogP contribution in [0.4, 0.5) is 0 Å². The molecule has 0 aliphatic rings. The van der Waals surface area contributed by atoms with Gasteiger partial charge in [-0.15, -0.1) is 0 Å². The van der Waals surface area contributed by atoms with Crippen molar-refractivity contribution in [3.05, 3.63) is 60.4 Å². The summed E-state index contributed by atoms with van der Waals surface area (Å²) in [7, 11) is 0. The summed E-state index contributed by atoms with van der Waals surface area (Å²) in [4.78, 5) is 9.55. The Morgan fingerprint density at radius 3 is 2.10 bits per heavy atom. The highest BCUT2D eigenvalue weighted by molar-refractivity contribution is 5.92. The second kappa shape index (κ2) is 4.71. The molecule has 0 amide bonds. The van der Waals surface area contributed by atoms with Gasteiger partial charge in [0.1, 0.15) is 5.82 Å². The zero-order valence-electron chi connectivity index (χ0n) is 12.1. The maximum atomic E-state index is 4.83. The van der Waals surface area contributed by atoms with Crippen LogP contribution in [0.5, 0.6) is 0 Å². The number of para-hydroxylation sites is 1. The molecule has 0 atom stereocenters. The molecule has 100 valence electrons. The van der Waals surface area contributed by atoms with E-state index >= 15 is 0 Å². The van der Waals surface area contributed by atoms with Crippen molar-refractivity contribution in [3.63, 3.8) is 0 Å². The Morgan fingerprint density at radius 1 is 0.750 bits per heavy atom. The summed E-state index contributed by atoms with van der Waals surface area (Å²) < 4.78 is 0. The zero-order chi connectivity index (χ0) is 14.2. The summed E-state index contributed by atoms with van der Waals surface area (Å²) in [6.07, 6.45) is 0. The van der Waals surface area contributed by atoms with Crippen molar-refractivity contribution in [3.8, 4) is 11.3 Å². The van der Waals surface area contributed by atoms with Crippen LogP contribution in [0.3, 0.4) is 0 Å². The molecule has 2 nitrogen and oxygen atoms in total. The van der Waals surface area contributed by atoms with Crippen LogP contribution in [-0.4, -0.2) is 9.97 Å². The number of aromatic nitrogens is 2. The third-order valence-electron chi connectivity index (χ3n) is 3.32. The fourth-order valence-electron chi connectivity index (χ4n) is 2.23. The SMILES string of the molecule is CC(C)(C)c1nc(-c2ccccc2)c2ccccc2n1. The maximum Gasteiger partial charge on any atom is 0.135 e. The lowest BCUT2D eigenvalue weighted by atomic mass is 9.94. The van der Waals surface area contributed by atoms with E-state index in [2.05, 4.69) is 45.0 Å². The summed E-state index contributed by atoms with van der Waals surface area (Å²) >= 11 is 0. The number of nitrogens with zero attached hydrogens (tertiary/aromatic N) is 2. The molecule has 2 aromatic carbocycles. The lowest BCUT2D eigenvalue weighted by Crippen LogP contribution is -2.16. The molecule has 2 heteroatoms. The molecule has 3 rings (SSSR count). The predicted octanol–water partition coefficient (Wildman–Crippen LogP) is 4.59. The molecular weight excluding hydrogens is 244 g/mol. The first-order valence-electron chi connectivity index (χ1n) is 6.88. The summed E-state index contributed by atoms with van der Waals surface area (Å²) in [5, 5.41) is 1.10. The summed E-state index contributed by atoms with van der Waals surface area (Å²) in [5.41, 5.74) is 3.09. The first-order valence-corrected chi connectivity index (χ1v) is 6.88. The van der Waals surface area contributed by atoms with Gasteiger partial charge < -0.3 is 0 Å². The Kier molecular flexibility index (Phi) is 3.01. The molecule has 3 aromatic rings. The Hall–Kier alpha value is -2.22. The number of hydrogen-bond acceptors (Lipinski definition) is 2. The fourth-order valence-corrected chi connectivity index (χ4v) is 2.23. The molecule has 1 heterocycles. The third-order valence-corrected chi connectivity index (χ3v) is 3.32. The third kappa shape index (κ3) is 2.29. The average Bonchev–Trinajstić information content (AvgIpc) is 2.46. The van der Waals surface area contributed by atoms with Crippen molar-refractivity contribution in [1.82, 2.24) is 9.97 Å². The lowest BCUT2D eigenvalue weighted by molar-refractivity contribution is 0.549. The van der Waals surface area contributed by atoms with Crippen molar-refractivity contribution < 1.29 is 0 Å². The standard InChI is InChI=1S/C18H18N2/c1-18(2,3)17-19-15-12-8-7-11-14(15)16(20-17)13-9-5-4-6-10-13/h4-12H,1-3H3. The van der Waals surface area contributed by atoms with Crippen LogP contribution < -0.4 is 0 Å². The van der Waals surface area contributed by atoms with Crippen LogP contribution in [0, 0.1) is 0 Å². The van der Waals surface area contributed by atoms with E-state index in [1.165, 1.54) is 0 Å². The van der Waals surface area contributed by atoms with E-state index in [0.29, 0.717) is 0 Å². The first kappa shape index (κ1) is 12.8. The van der Waals surface area contributed by atoms with Gasteiger partial charge in [0, 0.05) is 16.4 Å². The molecule has 0 aliphatic carbocycles. The van der Waals surface area contributed by atoms with Crippen molar-refractivity contribution in [2.45, 2.75) is 26.2 Å². The van der Waals surface area contributed by atoms with Crippen LogP contribution in [0.15, 0.2) is 54.6 Å². The molecule has 0 spiro atoms. The molecule has 0 aliphatic heterocycles. The normalized spacial score (nSPS) is 11.8. The van der Waals surface area contributed by atoms with E-state index in [-0.39, 0.29) is 5.41 Å².